The third kappa shape index (κ3) is 2.95. The summed E-state index contributed by atoms with van der Waals surface area (Å²) in [4.78, 5) is 8.66. The summed E-state index contributed by atoms with van der Waals surface area (Å²) in [5, 5.41) is 0.546. The lowest BCUT2D eigenvalue weighted by Gasteiger charge is -2.07. The van der Waals surface area contributed by atoms with Gasteiger partial charge in [0.15, 0.2) is 11.6 Å². The molecule has 2 aromatic heterocycles. The van der Waals surface area contributed by atoms with Crippen molar-refractivity contribution in [3.8, 4) is 0 Å². The lowest BCUT2D eigenvalue weighted by molar-refractivity contribution is 0.504. The van der Waals surface area contributed by atoms with Gasteiger partial charge in [-0.15, -0.1) is 11.3 Å². The fourth-order valence-electron chi connectivity index (χ4n) is 2.51. The first-order valence-corrected chi connectivity index (χ1v) is 8.25. The normalized spacial score (nSPS) is 11.3. The summed E-state index contributed by atoms with van der Waals surface area (Å²) in [6.07, 6.45) is 2.05. The monoisotopic (exact) mass is 336 g/mol. The van der Waals surface area contributed by atoms with Crippen molar-refractivity contribution >= 4 is 21.6 Å². The third-order valence-corrected chi connectivity index (χ3v) is 4.79. The van der Waals surface area contributed by atoms with Crippen molar-refractivity contribution in [3.63, 3.8) is 0 Å². The number of nitrogens with zero attached hydrogens (tertiary/aromatic N) is 2. The molecule has 0 bridgehead atoms. The SMILES string of the molecule is CCc1ccc(Cc2nc3c(F)c(F)cc(F)c3s2)c(CC)n1. The van der Waals surface area contributed by atoms with Crippen molar-refractivity contribution in [1.82, 2.24) is 9.97 Å². The van der Waals surface area contributed by atoms with Crippen LogP contribution in [-0.2, 0) is 19.3 Å². The standard InChI is InChI=1S/C17H15F3N2S/c1-3-10-6-5-9(13(4-2)21-10)7-14-22-16-15(20)11(18)8-12(19)17(16)23-14/h5-6,8H,3-4,7H2,1-2H3. The van der Waals surface area contributed by atoms with Crippen LogP contribution in [0.1, 0.15) is 35.8 Å². The highest BCUT2D eigenvalue weighted by atomic mass is 32.1. The molecule has 120 valence electrons. The Kier molecular flexibility index (Phi) is 4.35. The second-order valence-corrected chi connectivity index (χ2v) is 6.32. The minimum Gasteiger partial charge on any atom is -0.258 e. The van der Waals surface area contributed by atoms with Gasteiger partial charge in [0.25, 0.3) is 0 Å². The molecule has 3 aromatic rings. The molecule has 3 rings (SSSR count). The fourth-order valence-corrected chi connectivity index (χ4v) is 3.49. The van der Waals surface area contributed by atoms with Crippen molar-refractivity contribution < 1.29 is 13.2 Å². The highest BCUT2D eigenvalue weighted by molar-refractivity contribution is 7.18. The molecule has 0 aliphatic rings. The zero-order chi connectivity index (χ0) is 16.6. The Labute approximate surface area is 136 Å². The van der Waals surface area contributed by atoms with Crippen LogP contribution < -0.4 is 0 Å². The van der Waals surface area contributed by atoms with Crippen molar-refractivity contribution in [3.05, 3.63) is 57.6 Å². The molecule has 6 heteroatoms. The maximum atomic E-state index is 13.8. The predicted octanol–water partition coefficient (Wildman–Crippen LogP) is 4.82. The number of thiazole rings is 1. The van der Waals surface area contributed by atoms with E-state index in [-0.39, 0.29) is 10.2 Å². The van der Waals surface area contributed by atoms with Gasteiger partial charge >= 0.3 is 0 Å². The summed E-state index contributed by atoms with van der Waals surface area (Å²) in [6.45, 7) is 4.05. The predicted molar refractivity (Wildman–Crippen MR) is 85.3 cm³/mol. The zero-order valence-corrected chi connectivity index (χ0v) is 13.6. The Bertz CT molecular complexity index is 874. The summed E-state index contributed by atoms with van der Waals surface area (Å²) >= 11 is 1.05. The Morgan fingerprint density at radius 3 is 2.48 bits per heavy atom. The number of pyridine rings is 1. The van der Waals surface area contributed by atoms with Gasteiger partial charge < -0.3 is 0 Å². The van der Waals surface area contributed by atoms with Crippen LogP contribution in [0.15, 0.2) is 18.2 Å². The summed E-state index contributed by atoms with van der Waals surface area (Å²) in [7, 11) is 0. The zero-order valence-electron chi connectivity index (χ0n) is 12.8. The molecule has 0 radical (unpaired) electrons. The topological polar surface area (TPSA) is 25.8 Å². The molecule has 23 heavy (non-hydrogen) atoms. The third-order valence-electron chi connectivity index (χ3n) is 3.72. The van der Waals surface area contributed by atoms with Gasteiger partial charge in [0.1, 0.15) is 11.3 Å². The van der Waals surface area contributed by atoms with Crippen molar-refractivity contribution in [2.45, 2.75) is 33.1 Å². The first kappa shape index (κ1) is 15.9. The van der Waals surface area contributed by atoms with Gasteiger partial charge in [0.05, 0.1) is 9.71 Å². The second kappa shape index (κ2) is 6.28. The Balaban J connectivity index is 2.02. The van der Waals surface area contributed by atoms with Crippen molar-refractivity contribution in [2.75, 3.05) is 0 Å². The maximum Gasteiger partial charge on any atom is 0.186 e. The van der Waals surface area contributed by atoms with Crippen LogP contribution in [-0.4, -0.2) is 9.97 Å². The Hall–Kier alpha value is -1.95. The number of aryl methyl sites for hydroxylation is 2. The maximum absolute atomic E-state index is 13.8. The molecule has 2 nitrogen and oxygen atoms in total. The molecule has 0 atom stereocenters. The van der Waals surface area contributed by atoms with E-state index in [9.17, 15) is 13.2 Å². The molecule has 0 aliphatic carbocycles. The largest absolute Gasteiger partial charge is 0.258 e. The molecule has 0 N–H and O–H groups in total. The second-order valence-electron chi connectivity index (χ2n) is 5.23. The molecule has 0 saturated carbocycles. The molecule has 0 unspecified atom stereocenters. The van der Waals surface area contributed by atoms with Crippen LogP contribution in [0.2, 0.25) is 0 Å². The van der Waals surface area contributed by atoms with E-state index in [1.807, 2.05) is 26.0 Å². The van der Waals surface area contributed by atoms with Crippen LogP contribution in [0.4, 0.5) is 13.2 Å². The molecular formula is C17H15F3N2S. The molecule has 0 spiro atoms. The number of hydrogen-bond acceptors (Lipinski definition) is 3. The van der Waals surface area contributed by atoms with Crippen molar-refractivity contribution in [1.29, 1.82) is 0 Å². The van der Waals surface area contributed by atoms with E-state index in [0.717, 1.165) is 41.1 Å². The number of fused-ring (bicyclic) bond motifs is 1. The first-order chi connectivity index (χ1) is 11.0. The van der Waals surface area contributed by atoms with E-state index < -0.39 is 17.5 Å². The summed E-state index contributed by atoms with van der Waals surface area (Å²) in [5.41, 5.74) is 2.70. The van der Waals surface area contributed by atoms with E-state index in [1.54, 1.807) is 0 Å². The smallest absolute Gasteiger partial charge is 0.186 e. The van der Waals surface area contributed by atoms with Gasteiger partial charge in [0.2, 0.25) is 0 Å². The average molecular weight is 336 g/mol. The van der Waals surface area contributed by atoms with Gasteiger partial charge in [-0.3, -0.25) is 4.98 Å². The quantitative estimate of drug-likeness (QED) is 0.638. The van der Waals surface area contributed by atoms with E-state index in [2.05, 4.69) is 9.97 Å². The van der Waals surface area contributed by atoms with Gasteiger partial charge in [-0.25, -0.2) is 18.2 Å². The van der Waals surface area contributed by atoms with Gasteiger partial charge in [-0.05, 0) is 24.5 Å². The molecule has 0 fully saturated rings. The van der Waals surface area contributed by atoms with Gasteiger partial charge in [-0.1, -0.05) is 19.9 Å². The number of aromatic nitrogens is 2. The van der Waals surface area contributed by atoms with Crippen LogP contribution in [0.5, 0.6) is 0 Å². The average Bonchev–Trinajstić information content (AvgIpc) is 2.97. The van der Waals surface area contributed by atoms with Crippen LogP contribution in [0.25, 0.3) is 10.2 Å². The summed E-state index contributed by atoms with van der Waals surface area (Å²) < 4.78 is 40.9. The van der Waals surface area contributed by atoms with Crippen LogP contribution in [0.3, 0.4) is 0 Å². The van der Waals surface area contributed by atoms with Crippen molar-refractivity contribution in [2.24, 2.45) is 0 Å². The van der Waals surface area contributed by atoms with Crippen LogP contribution >= 0.6 is 11.3 Å². The van der Waals surface area contributed by atoms with E-state index in [4.69, 9.17) is 0 Å². The van der Waals surface area contributed by atoms with E-state index >= 15 is 0 Å². The highest BCUT2D eigenvalue weighted by Gasteiger charge is 2.18. The number of hydrogen-bond donors (Lipinski definition) is 0. The highest BCUT2D eigenvalue weighted by Crippen LogP contribution is 2.30. The summed E-state index contributed by atoms with van der Waals surface area (Å²) in [5.74, 6) is -3.09. The molecule has 2 heterocycles. The molecule has 0 aliphatic heterocycles. The number of benzene rings is 1. The number of halogens is 3. The molecule has 0 saturated heterocycles. The minimum atomic E-state index is -1.21. The molecule has 0 amide bonds. The van der Waals surface area contributed by atoms with E-state index in [0.29, 0.717) is 17.5 Å². The minimum absolute atomic E-state index is 0.0510. The van der Waals surface area contributed by atoms with Crippen LogP contribution in [0, 0.1) is 17.5 Å². The molecular weight excluding hydrogens is 321 g/mol. The van der Waals surface area contributed by atoms with Gasteiger partial charge in [-0.2, -0.15) is 0 Å². The van der Waals surface area contributed by atoms with Gasteiger partial charge in [0, 0.05) is 23.9 Å². The van der Waals surface area contributed by atoms with E-state index in [1.165, 1.54) is 0 Å². The Morgan fingerprint density at radius 2 is 1.78 bits per heavy atom. The first-order valence-electron chi connectivity index (χ1n) is 7.44. The lowest BCUT2D eigenvalue weighted by atomic mass is 10.1. The summed E-state index contributed by atoms with van der Waals surface area (Å²) in [6, 6.07) is 4.49. The lowest BCUT2D eigenvalue weighted by Crippen LogP contribution is -2.00. The fraction of sp³-hybridized carbons (Fsp3) is 0.294. The Morgan fingerprint density at radius 1 is 1.00 bits per heavy atom. The number of rotatable bonds is 4. The molecule has 1 aromatic carbocycles.